The lowest BCUT2D eigenvalue weighted by Crippen LogP contribution is -2.25. The number of anilines is 2. The summed E-state index contributed by atoms with van der Waals surface area (Å²) in [5, 5.41) is 0. The van der Waals surface area contributed by atoms with Crippen molar-refractivity contribution in [3.05, 3.63) is 83.4 Å². The monoisotopic (exact) mass is 331 g/mol. The zero-order valence-electron chi connectivity index (χ0n) is 13.9. The Hall–Kier alpha value is -3.01. The number of rotatable bonds is 3. The van der Waals surface area contributed by atoms with Gasteiger partial charge in [-0.25, -0.2) is 14.4 Å². The third kappa shape index (κ3) is 3.15. The minimum Gasteiger partial charge on any atom is -0.307 e. The van der Waals surface area contributed by atoms with Gasteiger partial charge in [0.15, 0.2) is 0 Å². The lowest BCUT2D eigenvalue weighted by atomic mass is 10.1. The molecule has 4 heteroatoms. The van der Waals surface area contributed by atoms with E-state index in [1.165, 1.54) is 23.4 Å². The van der Waals surface area contributed by atoms with Crippen LogP contribution in [-0.2, 0) is 6.42 Å². The zero-order valence-corrected chi connectivity index (χ0v) is 13.9. The second kappa shape index (κ2) is 6.48. The average molecular weight is 331 g/mol. The zero-order chi connectivity index (χ0) is 17.2. The second-order valence-electron chi connectivity index (χ2n) is 6.22. The van der Waals surface area contributed by atoms with Crippen LogP contribution in [0.4, 0.5) is 16.0 Å². The van der Waals surface area contributed by atoms with Crippen molar-refractivity contribution in [2.24, 2.45) is 0 Å². The quantitative estimate of drug-likeness (QED) is 0.686. The topological polar surface area (TPSA) is 29.0 Å². The van der Waals surface area contributed by atoms with Gasteiger partial charge >= 0.3 is 0 Å². The molecular weight excluding hydrogens is 313 g/mol. The van der Waals surface area contributed by atoms with E-state index in [2.05, 4.69) is 35.0 Å². The summed E-state index contributed by atoms with van der Waals surface area (Å²) in [6.45, 7) is 2.18. The normalized spacial score (nSPS) is 16.4. The molecule has 124 valence electrons. The minimum absolute atomic E-state index is 0.233. The standard InChI is InChI=1S/C21H18FN3/c1-15-14-17-4-2-3-5-20(17)25(15)21-23-13-12-19(24-21)11-8-16-6-9-18(22)10-7-16/h2-13,15H,14H2,1H3/b11-8+. The Bertz CT molecular complexity index is 918. The number of hydrogen-bond acceptors (Lipinski definition) is 3. The summed E-state index contributed by atoms with van der Waals surface area (Å²) in [5.74, 6) is 0.474. The van der Waals surface area contributed by atoms with Crippen molar-refractivity contribution in [2.45, 2.75) is 19.4 Å². The van der Waals surface area contributed by atoms with Crippen molar-refractivity contribution >= 4 is 23.8 Å². The molecule has 2 aromatic carbocycles. The lowest BCUT2D eigenvalue weighted by Gasteiger charge is -2.22. The van der Waals surface area contributed by atoms with Crippen molar-refractivity contribution in [1.82, 2.24) is 9.97 Å². The SMILES string of the molecule is CC1Cc2ccccc2N1c1nccc(/C=C/c2ccc(F)cc2)n1. The van der Waals surface area contributed by atoms with E-state index in [1.807, 2.05) is 24.3 Å². The summed E-state index contributed by atoms with van der Waals surface area (Å²) in [5.41, 5.74) is 4.26. The van der Waals surface area contributed by atoms with E-state index in [0.29, 0.717) is 12.0 Å². The first-order chi connectivity index (χ1) is 12.2. The van der Waals surface area contributed by atoms with Crippen LogP contribution < -0.4 is 4.90 Å². The Labute approximate surface area is 146 Å². The van der Waals surface area contributed by atoms with Crippen molar-refractivity contribution in [3.8, 4) is 0 Å². The summed E-state index contributed by atoms with van der Waals surface area (Å²) in [6, 6.07) is 17.0. The molecule has 1 aromatic heterocycles. The number of hydrogen-bond donors (Lipinski definition) is 0. The third-order valence-electron chi connectivity index (χ3n) is 4.40. The molecule has 2 heterocycles. The molecule has 0 spiro atoms. The van der Waals surface area contributed by atoms with Gasteiger partial charge in [0.1, 0.15) is 5.82 Å². The lowest BCUT2D eigenvalue weighted by molar-refractivity contribution is 0.628. The van der Waals surface area contributed by atoms with Crippen molar-refractivity contribution in [3.63, 3.8) is 0 Å². The molecule has 25 heavy (non-hydrogen) atoms. The van der Waals surface area contributed by atoms with Crippen LogP contribution in [0.25, 0.3) is 12.2 Å². The Morgan fingerprint density at radius 2 is 1.84 bits per heavy atom. The van der Waals surface area contributed by atoms with E-state index in [0.717, 1.165) is 17.7 Å². The van der Waals surface area contributed by atoms with E-state index in [1.54, 1.807) is 18.3 Å². The molecule has 0 bridgehead atoms. The van der Waals surface area contributed by atoms with E-state index < -0.39 is 0 Å². The van der Waals surface area contributed by atoms with Gasteiger partial charge in [0.2, 0.25) is 5.95 Å². The van der Waals surface area contributed by atoms with Crippen LogP contribution >= 0.6 is 0 Å². The maximum absolute atomic E-state index is 13.0. The Morgan fingerprint density at radius 1 is 1.04 bits per heavy atom. The maximum atomic E-state index is 13.0. The van der Waals surface area contributed by atoms with Crippen LogP contribution in [0.2, 0.25) is 0 Å². The first kappa shape index (κ1) is 15.5. The average Bonchev–Trinajstić information content (AvgIpc) is 2.97. The number of fused-ring (bicyclic) bond motifs is 1. The largest absolute Gasteiger partial charge is 0.307 e. The Morgan fingerprint density at radius 3 is 2.68 bits per heavy atom. The van der Waals surface area contributed by atoms with Crippen LogP contribution in [-0.4, -0.2) is 16.0 Å². The Kier molecular flexibility index (Phi) is 4.02. The van der Waals surface area contributed by atoms with Gasteiger partial charge in [-0.15, -0.1) is 0 Å². The maximum Gasteiger partial charge on any atom is 0.230 e. The van der Waals surface area contributed by atoms with Crippen molar-refractivity contribution in [2.75, 3.05) is 4.90 Å². The summed E-state index contributed by atoms with van der Waals surface area (Å²) in [7, 11) is 0. The fourth-order valence-electron chi connectivity index (χ4n) is 3.20. The van der Waals surface area contributed by atoms with Crippen LogP contribution in [0.15, 0.2) is 60.8 Å². The highest BCUT2D eigenvalue weighted by atomic mass is 19.1. The molecular formula is C21H18FN3. The molecule has 1 aliphatic heterocycles. The molecule has 0 aliphatic carbocycles. The van der Waals surface area contributed by atoms with E-state index in [4.69, 9.17) is 4.98 Å². The molecule has 3 nitrogen and oxygen atoms in total. The van der Waals surface area contributed by atoms with Crippen LogP contribution in [0, 0.1) is 5.82 Å². The van der Waals surface area contributed by atoms with Gasteiger partial charge in [0.05, 0.1) is 5.69 Å². The molecule has 0 saturated carbocycles. The van der Waals surface area contributed by atoms with Gasteiger partial charge in [-0.2, -0.15) is 0 Å². The highest BCUT2D eigenvalue weighted by Crippen LogP contribution is 2.36. The molecule has 0 saturated heterocycles. The molecule has 0 radical (unpaired) electrons. The first-order valence-corrected chi connectivity index (χ1v) is 8.34. The second-order valence-corrected chi connectivity index (χ2v) is 6.22. The smallest absolute Gasteiger partial charge is 0.230 e. The highest BCUT2D eigenvalue weighted by Gasteiger charge is 2.28. The molecule has 3 aromatic rings. The summed E-state index contributed by atoms with van der Waals surface area (Å²) < 4.78 is 13.0. The van der Waals surface area contributed by atoms with Gasteiger partial charge in [0.25, 0.3) is 0 Å². The van der Waals surface area contributed by atoms with E-state index in [-0.39, 0.29) is 5.82 Å². The summed E-state index contributed by atoms with van der Waals surface area (Å²) in [6.07, 6.45) is 6.62. The van der Waals surface area contributed by atoms with Gasteiger partial charge in [-0.05, 0) is 54.8 Å². The van der Waals surface area contributed by atoms with Gasteiger partial charge in [0, 0.05) is 17.9 Å². The van der Waals surface area contributed by atoms with Crippen molar-refractivity contribution in [1.29, 1.82) is 0 Å². The number of benzene rings is 2. The van der Waals surface area contributed by atoms with Gasteiger partial charge in [-0.3, -0.25) is 0 Å². The van der Waals surface area contributed by atoms with Gasteiger partial charge < -0.3 is 4.90 Å². The molecule has 1 atom stereocenters. The number of aromatic nitrogens is 2. The predicted octanol–water partition coefficient (Wildman–Crippen LogP) is 4.87. The fourth-order valence-corrected chi connectivity index (χ4v) is 3.20. The van der Waals surface area contributed by atoms with Crippen LogP contribution in [0.1, 0.15) is 23.7 Å². The molecule has 0 fully saturated rings. The fraction of sp³-hybridized carbons (Fsp3) is 0.143. The molecule has 1 aliphatic rings. The highest BCUT2D eigenvalue weighted by molar-refractivity contribution is 5.70. The minimum atomic E-state index is -0.233. The summed E-state index contributed by atoms with van der Waals surface area (Å²) >= 11 is 0. The van der Waals surface area contributed by atoms with Crippen LogP contribution in [0.3, 0.4) is 0 Å². The van der Waals surface area contributed by atoms with Gasteiger partial charge in [-0.1, -0.05) is 36.4 Å². The molecule has 0 amide bonds. The Balaban J connectivity index is 1.63. The molecule has 4 rings (SSSR count). The summed E-state index contributed by atoms with van der Waals surface area (Å²) in [4.78, 5) is 11.3. The number of nitrogens with zero attached hydrogens (tertiary/aromatic N) is 3. The third-order valence-corrected chi connectivity index (χ3v) is 4.40. The number of para-hydroxylation sites is 1. The molecule has 1 unspecified atom stereocenters. The number of halogens is 1. The van der Waals surface area contributed by atoms with E-state index >= 15 is 0 Å². The molecule has 0 N–H and O–H groups in total. The van der Waals surface area contributed by atoms with Crippen molar-refractivity contribution < 1.29 is 4.39 Å². The predicted molar refractivity (Wildman–Crippen MR) is 99.1 cm³/mol. The first-order valence-electron chi connectivity index (χ1n) is 8.34. The van der Waals surface area contributed by atoms with Crippen LogP contribution in [0.5, 0.6) is 0 Å². The van der Waals surface area contributed by atoms with E-state index in [9.17, 15) is 4.39 Å².